The van der Waals surface area contributed by atoms with Crippen molar-refractivity contribution < 1.29 is 9.59 Å². The molecule has 0 bridgehead atoms. The molecule has 0 aromatic heterocycles. The van der Waals surface area contributed by atoms with Crippen LogP contribution in [0.2, 0.25) is 0 Å². The summed E-state index contributed by atoms with van der Waals surface area (Å²) in [6, 6.07) is 5.55. The lowest BCUT2D eigenvalue weighted by Gasteiger charge is -2.43. The van der Waals surface area contributed by atoms with Crippen LogP contribution in [-0.2, 0) is 4.79 Å². The van der Waals surface area contributed by atoms with Crippen molar-refractivity contribution in [3.8, 4) is 0 Å². The molecule has 3 nitrogen and oxygen atoms in total. The maximum atomic E-state index is 12.2. The normalized spacial score (nSPS) is 20.4. The number of alkyl halides is 1. The zero-order valence-electron chi connectivity index (χ0n) is 10.9. The van der Waals surface area contributed by atoms with Crippen LogP contribution in [-0.4, -0.2) is 23.6 Å². The van der Waals surface area contributed by atoms with E-state index in [0.717, 1.165) is 29.4 Å². The molecule has 1 saturated carbocycles. The van der Waals surface area contributed by atoms with Gasteiger partial charge in [0.15, 0.2) is 0 Å². The fourth-order valence-corrected chi connectivity index (χ4v) is 3.77. The van der Waals surface area contributed by atoms with Gasteiger partial charge >= 0.3 is 0 Å². The molecule has 0 spiro atoms. The van der Waals surface area contributed by atoms with E-state index in [9.17, 15) is 9.59 Å². The van der Waals surface area contributed by atoms with Crippen LogP contribution in [0.25, 0.3) is 0 Å². The Balaban J connectivity index is 1.99. The SMILES string of the molecule is Cc1cccc2c1N(CC1(CBr)CCC1)C(=O)C2=O. The van der Waals surface area contributed by atoms with Crippen LogP contribution in [0.5, 0.6) is 0 Å². The monoisotopic (exact) mass is 321 g/mol. The Morgan fingerprint density at radius 3 is 2.63 bits per heavy atom. The molecule has 1 aliphatic heterocycles. The van der Waals surface area contributed by atoms with Crippen molar-refractivity contribution in [2.45, 2.75) is 26.2 Å². The highest BCUT2D eigenvalue weighted by molar-refractivity contribution is 9.09. The Labute approximate surface area is 121 Å². The fourth-order valence-electron chi connectivity index (χ4n) is 3.04. The molecule has 0 unspecified atom stereocenters. The quantitative estimate of drug-likeness (QED) is 0.633. The van der Waals surface area contributed by atoms with Gasteiger partial charge in [-0.2, -0.15) is 0 Å². The first-order valence-electron chi connectivity index (χ1n) is 6.60. The minimum atomic E-state index is -0.364. The lowest BCUT2D eigenvalue weighted by atomic mass is 9.70. The maximum Gasteiger partial charge on any atom is 0.299 e. The van der Waals surface area contributed by atoms with Gasteiger partial charge in [0, 0.05) is 11.9 Å². The standard InChI is InChI=1S/C15H16BrNO2/c1-10-4-2-5-11-12(10)17(14(19)13(11)18)9-15(8-16)6-3-7-15/h2,4-5H,3,6-9H2,1H3. The molecule has 1 aromatic rings. The highest BCUT2D eigenvalue weighted by Crippen LogP contribution is 2.45. The van der Waals surface area contributed by atoms with Gasteiger partial charge < -0.3 is 4.90 Å². The van der Waals surface area contributed by atoms with E-state index in [1.165, 1.54) is 6.42 Å². The smallest absolute Gasteiger partial charge is 0.299 e. The van der Waals surface area contributed by atoms with Gasteiger partial charge in [-0.15, -0.1) is 0 Å². The van der Waals surface area contributed by atoms with E-state index in [1.54, 1.807) is 11.0 Å². The summed E-state index contributed by atoms with van der Waals surface area (Å²) >= 11 is 3.56. The Hall–Kier alpha value is -1.16. The Morgan fingerprint density at radius 1 is 1.32 bits per heavy atom. The summed E-state index contributed by atoms with van der Waals surface area (Å²) < 4.78 is 0. The van der Waals surface area contributed by atoms with Gasteiger partial charge in [-0.1, -0.05) is 34.5 Å². The summed E-state index contributed by atoms with van der Waals surface area (Å²) in [6.07, 6.45) is 3.46. The number of fused-ring (bicyclic) bond motifs is 1. The molecule has 100 valence electrons. The number of halogens is 1. The number of ketones is 1. The number of amides is 1. The molecule has 1 fully saturated rings. The zero-order valence-corrected chi connectivity index (χ0v) is 12.5. The first-order chi connectivity index (χ1) is 9.08. The van der Waals surface area contributed by atoms with E-state index in [0.29, 0.717) is 12.1 Å². The van der Waals surface area contributed by atoms with Gasteiger partial charge in [0.05, 0.1) is 11.3 Å². The minimum absolute atomic E-state index is 0.153. The molecule has 0 radical (unpaired) electrons. The maximum absolute atomic E-state index is 12.2. The first kappa shape index (κ1) is 12.9. The van der Waals surface area contributed by atoms with Gasteiger partial charge in [-0.05, 0) is 36.8 Å². The van der Waals surface area contributed by atoms with Crippen molar-refractivity contribution >= 4 is 33.3 Å². The van der Waals surface area contributed by atoms with Gasteiger partial charge in [0.25, 0.3) is 11.7 Å². The topological polar surface area (TPSA) is 37.4 Å². The second kappa shape index (κ2) is 4.44. The second-order valence-corrected chi connectivity index (χ2v) is 6.24. The molecule has 0 N–H and O–H groups in total. The molecule has 1 amide bonds. The second-order valence-electron chi connectivity index (χ2n) is 5.68. The number of carbonyl (C=O) groups is 2. The van der Waals surface area contributed by atoms with Crippen LogP contribution in [0.3, 0.4) is 0 Å². The van der Waals surface area contributed by atoms with E-state index in [2.05, 4.69) is 15.9 Å². The number of aryl methyl sites for hydroxylation is 1. The average molecular weight is 322 g/mol. The van der Waals surface area contributed by atoms with Crippen molar-refractivity contribution in [1.29, 1.82) is 0 Å². The molecular formula is C15H16BrNO2. The van der Waals surface area contributed by atoms with Crippen molar-refractivity contribution in [3.05, 3.63) is 29.3 Å². The number of hydrogen-bond acceptors (Lipinski definition) is 2. The van der Waals surface area contributed by atoms with Crippen LogP contribution in [0.4, 0.5) is 5.69 Å². The Bertz CT molecular complexity index is 558. The molecule has 4 heteroatoms. The van der Waals surface area contributed by atoms with Crippen molar-refractivity contribution in [3.63, 3.8) is 0 Å². The summed E-state index contributed by atoms with van der Waals surface area (Å²) in [5, 5.41) is 0.888. The van der Waals surface area contributed by atoms with Crippen LogP contribution in [0.15, 0.2) is 18.2 Å². The summed E-state index contributed by atoms with van der Waals surface area (Å²) in [6.45, 7) is 2.61. The van der Waals surface area contributed by atoms with E-state index in [-0.39, 0.29) is 17.1 Å². The summed E-state index contributed by atoms with van der Waals surface area (Å²) in [7, 11) is 0. The van der Waals surface area contributed by atoms with E-state index >= 15 is 0 Å². The average Bonchev–Trinajstić information content (AvgIpc) is 2.60. The first-order valence-corrected chi connectivity index (χ1v) is 7.72. The predicted molar refractivity (Wildman–Crippen MR) is 77.9 cm³/mol. The zero-order chi connectivity index (χ0) is 13.6. The number of benzene rings is 1. The Morgan fingerprint density at radius 2 is 2.05 bits per heavy atom. The van der Waals surface area contributed by atoms with Crippen LogP contribution in [0, 0.1) is 12.3 Å². The molecule has 2 aliphatic rings. The molecule has 1 heterocycles. The van der Waals surface area contributed by atoms with E-state index in [1.807, 2.05) is 19.1 Å². The largest absolute Gasteiger partial charge is 0.304 e. The number of nitrogens with zero attached hydrogens (tertiary/aromatic N) is 1. The number of anilines is 1. The molecule has 1 aromatic carbocycles. The van der Waals surface area contributed by atoms with Gasteiger partial charge in [-0.25, -0.2) is 0 Å². The van der Waals surface area contributed by atoms with Crippen molar-refractivity contribution in [2.75, 3.05) is 16.8 Å². The Kier molecular flexibility index (Phi) is 3.01. The minimum Gasteiger partial charge on any atom is -0.304 e. The predicted octanol–water partition coefficient (Wildman–Crippen LogP) is 3.09. The van der Waals surface area contributed by atoms with E-state index in [4.69, 9.17) is 0 Å². The highest BCUT2D eigenvalue weighted by Gasteiger charge is 2.44. The van der Waals surface area contributed by atoms with Crippen molar-refractivity contribution in [2.24, 2.45) is 5.41 Å². The highest BCUT2D eigenvalue weighted by atomic mass is 79.9. The summed E-state index contributed by atoms with van der Waals surface area (Å²) in [5.41, 5.74) is 2.54. The third kappa shape index (κ3) is 1.84. The van der Waals surface area contributed by atoms with E-state index < -0.39 is 0 Å². The third-order valence-corrected chi connectivity index (χ3v) is 5.57. The number of rotatable bonds is 3. The molecule has 0 atom stereocenters. The van der Waals surface area contributed by atoms with Gasteiger partial charge in [0.1, 0.15) is 0 Å². The summed E-state index contributed by atoms with van der Waals surface area (Å²) in [5.74, 6) is -0.723. The lowest BCUT2D eigenvalue weighted by molar-refractivity contribution is -0.114. The van der Waals surface area contributed by atoms with Crippen molar-refractivity contribution in [1.82, 2.24) is 0 Å². The van der Waals surface area contributed by atoms with Gasteiger partial charge in [0.2, 0.25) is 0 Å². The molecule has 0 saturated heterocycles. The number of hydrogen-bond donors (Lipinski definition) is 0. The molecule has 3 rings (SSSR count). The van der Waals surface area contributed by atoms with Crippen LogP contribution in [0.1, 0.15) is 35.2 Å². The van der Waals surface area contributed by atoms with Crippen LogP contribution >= 0.6 is 15.9 Å². The lowest BCUT2D eigenvalue weighted by Crippen LogP contribution is -2.45. The fraction of sp³-hybridized carbons (Fsp3) is 0.467. The summed E-state index contributed by atoms with van der Waals surface area (Å²) in [4.78, 5) is 25.9. The molecular weight excluding hydrogens is 306 g/mol. The van der Waals surface area contributed by atoms with Gasteiger partial charge in [-0.3, -0.25) is 9.59 Å². The van der Waals surface area contributed by atoms with Crippen LogP contribution < -0.4 is 4.90 Å². The number of para-hydroxylation sites is 1. The third-order valence-electron chi connectivity index (χ3n) is 4.38. The molecule has 19 heavy (non-hydrogen) atoms. The number of carbonyl (C=O) groups excluding carboxylic acids is 2. The number of Topliss-reactive ketones (excluding diaryl/α,β-unsaturated/α-hetero) is 1. The molecule has 1 aliphatic carbocycles.